The van der Waals surface area contributed by atoms with E-state index in [-0.39, 0.29) is 24.2 Å². The smallest absolute Gasteiger partial charge is 0.222 e. The first-order valence-corrected chi connectivity index (χ1v) is 11.1. The summed E-state index contributed by atoms with van der Waals surface area (Å²) < 4.78 is 6.68. The number of hydrogen-bond donors (Lipinski definition) is 2. The Hall–Kier alpha value is -2.21. The third-order valence-electron chi connectivity index (χ3n) is 6.33. The summed E-state index contributed by atoms with van der Waals surface area (Å²) in [4.78, 5) is 14.8. The van der Waals surface area contributed by atoms with Crippen molar-refractivity contribution < 1.29 is 14.6 Å². The van der Waals surface area contributed by atoms with Crippen LogP contribution in [0.25, 0.3) is 0 Å². The summed E-state index contributed by atoms with van der Waals surface area (Å²) in [5, 5.41) is 11.8. The lowest BCUT2D eigenvalue weighted by atomic mass is 9.77. The largest absolute Gasteiger partial charge is 0.396 e. The number of nitrogens with zero attached hydrogens (tertiary/aromatic N) is 1. The molecular formula is C25H32N2O3. The van der Waals surface area contributed by atoms with Crippen molar-refractivity contribution in [1.82, 2.24) is 10.2 Å². The van der Waals surface area contributed by atoms with Crippen LogP contribution in [0.5, 0.6) is 0 Å². The molecule has 2 aliphatic heterocycles. The van der Waals surface area contributed by atoms with Crippen LogP contribution in [0, 0.1) is 0 Å². The lowest BCUT2D eigenvalue weighted by Crippen LogP contribution is -2.49. The maximum absolute atomic E-state index is 12.3. The van der Waals surface area contributed by atoms with Gasteiger partial charge in [0.05, 0.1) is 18.1 Å². The summed E-state index contributed by atoms with van der Waals surface area (Å²) in [6.07, 6.45) is 3.52. The molecule has 2 aromatic rings. The number of amides is 1. The lowest BCUT2D eigenvalue weighted by Gasteiger charge is -2.47. The van der Waals surface area contributed by atoms with Gasteiger partial charge in [-0.25, -0.2) is 0 Å². The second-order valence-corrected chi connectivity index (χ2v) is 8.49. The van der Waals surface area contributed by atoms with E-state index < -0.39 is 0 Å². The van der Waals surface area contributed by atoms with Crippen LogP contribution in [0.3, 0.4) is 0 Å². The number of ether oxygens (including phenoxy) is 1. The monoisotopic (exact) mass is 408 g/mol. The molecular weight excluding hydrogens is 376 g/mol. The summed E-state index contributed by atoms with van der Waals surface area (Å²) in [6, 6.07) is 19.2. The standard InChI is InChI=1S/C25H32N2O3/c28-16-6-13-26-24(29)18-22-17-21-9-4-5-10-23(21)25(30-22)11-14-27(15-12-25)19-20-7-2-1-3-8-20/h1-5,7-10,22,28H,6,11-19H2,(H,26,29). The number of aliphatic hydroxyl groups is 1. The molecule has 0 aromatic heterocycles. The number of benzene rings is 2. The molecule has 1 unspecified atom stereocenters. The average molecular weight is 409 g/mol. The van der Waals surface area contributed by atoms with Crippen LogP contribution in [0.4, 0.5) is 0 Å². The summed E-state index contributed by atoms with van der Waals surface area (Å²) in [7, 11) is 0. The minimum absolute atomic E-state index is 0.00416. The molecule has 0 radical (unpaired) electrons. The van der Waals surface area contributed by atoms with E-state index in [1.54, 1.807) is 0 Å². The predicted molar refractivity (Wildman–Crippen MR) is 117 cm³/mol. The number of carbonyl (C=O) groups is 1. The number of likely N-dealkylation sites (tertiary alicyclic amines) is 1. The van der Waals surface area contributed by atoms with E-state index in [9.17, 15) is 4.79 Å². The predicted octanol–water partition coefficient (Wildman–Crippen LogP) is 3.01. The fourth-order valence-corrected chi connectivity index (χ4v) is 4.81. The maximum Gasteiger partial charge on any atom is 0.222 e. The molecule has 1 atom stereocenters. The molecule has 1 saturated heterocycles. The van der Waals surface area contributed by atoms with E-state index in [1.165, 1.54) is 16.7 Å². The Balaban J connectivity index is 1.43. The zero-order valence-corrected chi connectivity index (χ0v) is 17.6. The number of piperidine rings is 1. The van der Waals surface area contributed by atoms with E-state index in [0.29, 0.717) is 19.4 Å². The minimum Gasteiger partial charge on any atom is -0.396 e. The number of fused-ring (bicyclic) bond motifs is 2. The highest BCUT2D eigenvalue weighted by Gasteiger charge is 2.43. The first-order valence-electron chi connectivity index (χ1n) is 11.1. The van der Waals surface area contributed by atoms with Gasteiger partial charge in [-0.05, 0) is 42.4 Å². The van der Waals surface area contributed by atoms with E-state index in [1.807, 2.05) is 0 Å². The van der Waals surface area contributed by atoms with Gasteiger partial charge in [0.25, 0.3) is 0 Å². The Morgan fingerprint density at radius 3 is 2.60 bits per heavy atom. The fraction of sp³-hybridized carbons (Fsp3) is 0.480. The summed E-state index contributed by atoms with van der Waals surface area (Å²) >= 11 is 0. The number of nitrogens with one attached hydrogen (secondary N) is 1. The van der Waals surface area contributed by atoms with Crippen molar-refractivity contribution in [1.29, 1.82) is 0 Å². The average Bonchev–Trinajstić information content (AvgIpc) is 2.76. The molecule has 2 aromatic carbocycles. The first kappa shape index (κ1) is 21.0. The third kappa shape index (κ3) is 4.91. The van der Waals surface area contributed by atoms with E-state index >= 15 is 0 Å². The number of rotatable bonds is 7. The van der Waals surface area contributed by atoms with Gasteiger partial charge in [-0.3, -0.25) is 9.69 Å². The van der Waals surface area contributed by atoms with Crippen LogP contribution in [0.1, 0.15) is 42.4 Å². The van der Waals surface area contributed by atoms with Crippen molar-refractivity contribution in [2.75, 3.05) is 26.2 Å². The lowest BCUT2D eigenvalue weighted by molar-refractivity contribution is -0.150. The molecule has 1 amide bonds. The quantitative estimate of drug-likeness (QED) is 0.692. The zero-order chi connectivity index (χ0) is 20.8. The van der Waals surface area contributed by atoms with Gasteiger partial charge in [0.2, 0.25) is 5.91 Å². The van der Waals surface area contributed by atoms with Gasteiger partial charge in [-0.2, -0.15) is 0 Å². The van der Waals surface area contributed by atoms with Gasteiger partial charge >= 0.3 is 0 Å². The molecule has 160 valence electrons. The summed E-state index contributed by atoms with van der Waals surface area (Å²) in [6.45, 7) is 3.54. The van der Waals surface area contributed by atoms with Crippen molar-refractivity contribution in [3.63, 3.8) is 0 Å². The number of aliphatic hydroxyl groups excluding tert-OH is 1. The van der Waals surface area contributed by atoms with Crippen LogP contribution in [-0.2, 0) is 28.1 Å². The Morgan fingerprint density at radius 1 is 1.10 bits per heavy atom. The van der Waals surface area contributed by atoms with Crippen LogP contribution in [0.2, 0.25) is 0 Å². The molecule has 5 heteroatoms. The van der Waals surface area contributed by atoms with Crippen molar-refractivity contribution in [3.05, 3.63) is 71.3 Å². The van der Waals surface area contributed by atoms with Crippen LogP contribution in [-0.4, -0.2) is 48.3 Å². The molecule has 30 heavy (non-hydrogen) atoms. The van der Waals surface area contributed by atoms with Crippen LogP contribution in [0.15, 0.2) is 54.6 Å². The van der Waals surface area contributed by atoms with Crippen molar-refractivity contribution in [2.45, 2.75) is 50.4 Å². The van der Waals surface area contributed by atoms with Gasteiger partial charge in [0.15, 0.2) is 0 Å². The minimum atomic E-state index is -0.294. The van der Waals surface area contributed by atoms with E-state index in [4.69, 9.17) is 9.84 Å². The molecule has 1 fully saturated rings. The molecule has 0 saturated carbocycles. The van der Waals surface area contributed by atoms with E-state index in [2.05, 4.69) is 64.8 Å². The van der Waals surface area contributed by atoms with E-state index in [0.717, 1.165) is 38.9 Å². The van der Waals surface area contributed by atoms with Crippen molar-refractivity contribution in [2.24, 2.45) is 0 Å². The third-order valence-corrected chi connectivity index (χ3v) is 6.33. The fourth-order valence-electron chi connectivity index (χ4n) is 4.81. The Bertz CT molecular complexity index is 831. The molecule has 2 N–H and O–H groups in total. The second kappa shape index (κ2) is 9.73. The normalized spacial score (nSPS) is 20.6. The number of hydrogen-bond acceptors (Lipinski definition) is 4. The van der Waals surface area contributed by atoms with Gasteiger partial charge in [0, 0.05) is 32.8 Å². The molecule has 2 heterocycles. The zero-order valence-electron chi connectivity index (χ0n) is 17.6. The Labute approximate surface area is 179 Å². The Kier molecular flexibility index (Phi) is 6.82. The highest BCUT2D eigenvalue weighted by atomic mass is 16.5. The van der Waals surface area contributed by atoms with Crippen molar-refractivity contribution >= 4 is 5.91 Å². The summed E-state index contributed by atoms with van der Waals surface area (Å²) in [5.41, 5.74) is 3.67. The molecule has 2 aliphatic rings. The van der Waals surface area contributed by atoms with Gasteiger partial charge in [-0.15, -0.1) is 0 Å². The molecule has 5 nitrogen and oxygen atoms in total. The molecule has 0 aliphatic carbocycles. The highest BCUT2D eigenvalue weighted by molar-refractivity contribution is 5.76. The van der Waals surface area contributed by atoms with Crippen LogP contribution < -0.4 is 5.32 Å². The topological polar surface area (TPSA) is 61.8 Å². The van der Waals surface area contributed by atoms with Crippen LogP contribution >= 0.6 is 0 Å². The molecule has 0 bridgehead atoms. The maximum atomic E-state index is 12.3. The SMILES string of the molecule is O=C(CC1Cc2ccccc2C2(CCN(Cc3ccccc3)CC2)O1)NCCCO. The Morgan fingerprint density at radius 2 is 1.83 bits per heavy atom. The highest BCUT2D eigenvalue weighted by Crippen LogP contribution is 2.44. The number of carbonyl (C=O) groups excluding carboxylic acids is 1. The second-order valence-electron chi connectivity index (χ2n) is 8.49. The summed E-state index contributed by atoms with van der Waals surface area (Å²) in [5.74, 6) is 0.00416. The first-order chi connectivity index (χ1) is 14.7. The molecule has 4 rings (SSSR count). The van der Waals surface area contributed by atoms with Gasteiger partial charge < -0.3 is 15.2 Å². The van der Waals surface area contributed by atoms with Gasteiger partial charge in [-0.1, -0.05) is 54.6 Å². The van der Waals surface area contributed by atoms with Gasteiger partial charge in [0.1, 0.15) is 0 Å². The molecule has 1 spiro atoms. The van der Waals surface area contributed by atoms with Crippen molar-refractivity contribution in [3.8, 4) is 0 Å².